The van der Waals surface area contributed by atoms with Crippen molar-refractivity contribution in [2.75, 3.05) is 24.7 Å². The van der Waals surface area contributed by atoms with Gasteiger partial charge in [0.05, 0.1) is 36.6 Å². The number of benzene rings is 2. The van der Waals surface area contributed by atoms with Crippen molar-refractivity contribution in [1.82, 2.24) is 9.97 Å². The van der Waals surface area contributed by atoms with Gasteiger partial charge in [-0.3, -0.25) is 14.7 Å². The fourth-order valence-electron chi connectivity index (χ4n) is 3.86. The molecule has 0 saturated carbocycles. The number of nitrogens with zero attached hydrogens (tertiary/aromatic N) is 3. The second-order valence-corrected chi connectivity index (χ2v) is 9.01. The Morgan fingerprint density at radius 1 is 0.917 bits per heavy atom. The Bertz CT molecular complexity index is 1300. The Balaban J connectivity index is 1.81. The third-order valence-corrected chi connectivity index (χ3v) is 6.59. The molecule has 2 aromatic carbocycles. The molecule has 0 bridgehead atoms. The highest BCUT2D eigenvalue weighted by atomic mass is 32.1. The number of ether oxygens (including phenoxy) is 3. The van der Waals surface area contributed by atoms with Crippen LogP contribution in [0.1, 0.15) is 49.2 Å². The number of hydrogen-bond donors (Lipinski definition) is 0. The number of carbonyl (C=O) groups is 1. The van der Waals surface area contributed by atoms with Gasteiger partial charge in [0.25, 0.3) is 5.91 Å². The van der Waals surface area contributed by atoms with Crippen LogP contribution in [0.5, 0.6) is 17.2 Å². The van der Waals surface area contributed by atoms with E-state index in [1.54, 1.807) is 29.4 Å². The van der Waals surface area contributed by atoms with Gasteiger partial charge in [0.2, 0.25) is 5.75 Å². The number of aryl methyl sites for hydroxylation is 1. The minimum absolute atomic E-state index is 0.210. The van der Waals surface area contributed by atoms with Crippen molar-refractivity contribution in [3.05, 3.63) is 71.5 Å². The molecule has 2 heterocycles. The fraction of sp³-hybridized carbons (Fsp3) is 0.321. The van der Waals surface area contributed by atoms with Crippen molar-refractivity contribution in [3.8, 4) is 17.2 Å². The second kappa shape index (κ2) is 11.9. The summed E-state index contributed by atoms with van der Waals surface area (Å²) in [6, 6.07) is 13.5. The van der Waals surface area contributed by atoms with Gasteiger partial charge in [-0.2, -0.15) is 0 Å². The molecule has 0 aliphatic rings. The lowest BCUT2D eigenvalue weighted by atomic mass is 10.1. The van der Waals surface area contributed by atoms with Gasteiger partial charge < -0.3 is 14.2 Å². The van der Waals surface area contributed by atoms with Crippen molar-refractivity contribution < 1.29 is 19.0 Å². The Morgan fingerprint density at radius 2 is 1.64 bits per heavy atom. The average molecular weight is 506 g/mol. The van der Waals surface area contributed by atoms with Gasteiger partial charge in [-0.15, -0.1) is 0 Å². The molecular formula is C28H31N3O4S. The molecule has 0 aliphatic carbocycles. The van der Waals surface area contributed by atoms with Crippen molar-refractivity contribution in [3.63, 3.8) is 0 Å². The summed E-state index contributed by atoms with van der Waals surface area (Å²) in [6.45, 7) is 9.45. The molecule has 8 heteroatoms. The Morgan fingerprint density at radius 3 is 2.25 bits per heavy atom. The fourth-order valence-corrected chi connectivity index (χ4v) is 4.89. The summed E-state index contributed by atoms with van der Waals surface area (Å²) in [7, 11) is 0. The number of rotatable bonds is 11. The predicted molar refractivity (Wildman–Crippen MR) is 144 cm³/mol. The average Bonchev–Trinajstić information content (AvgIpc) is 3.32. The molecule has 4 aromatic rings. The first kappa shape index (κ1) is 25.4. The number of hydrogen-bond acceptors (Lipinski definition) is 7. The molecule has 4 rings (SSSR count). The maximum absolute atomic E-state index is 14.1. The zero-order chi connectivity index (χ0) is 25.5. The van der Waals surface area contributed by atoms with E-state index < -0.39 is 0 Å². The molecule has 0 unspecified atom stereocenters. The number of thiazole rings is 1. The Kier molecular flexibility index (Phi) is 8.38. The first-order valence-electron chi connectivity index (χ1n) is 12.2. The molecule has 0 fully saturated rings. The van der Waals surface area contributed by atoms with Gasteiger partial charge in [-0.05, 0) is 68.7 Å². The van der Waals surface area contributed by atoms with E-state index in [-0.39, 0.29) is 5.91 Å². The lowest BCUT2D eigenvalue weighted by Crippen LogP contribution is -2.30. The first-order valence-corrected chi connectivity index (χ1v) is 13.1. The molecular weight excluding hydrogens is 474 g/mol. The highest BCUT2D eigenvalue weighted by Gasteiger charge is 2.25. The number of fused-ring (bicyclic) bond motifs is 1. The molecule has 0 atom stereocenters. The monoisotopic (exact) mass is 505 g/mol. The predicted octanol–water partition coefficient (Wildman–Crippen LogP) is 6.30. The van der Waals surface area contributed by atoms with E-state index in [1.165, 1.54) is 16.9 Å². The zero-order valence-electron chi connectivity index (χ0n) is 21.1. The van der Waals surface area contributed by atoms with Gasteiger partial charge in [0.1, 0.15) is 0 Å². The molecule has 2 aromatic heterocycles. The van der Waals surface area contributed by atoms with Crippen LogP contribution in [0.4, 0.5) is 5.13 Å². The van der Waals surface area contributed by atoms with Crippen LogP contribution < -0.4 is 19.1 Å². The molecule has 7 nitrogen and oxygen atoms in total. The summed E-state index contributed by atoms with van der Waals surface area (Å²) in [5.74, 6) is 1.25. The summed E-state index contributed by atoms with van der Waals surface area (Å²) in [5.41, 5.74) is 3.44. The number of anilines is 1. The summed E-state index contributed by atoms with van der Waals surface area (Å²) >= 11 is 1.50. The van der Waals surface area contributed by atoms with Crippen LogP contribution in [0.25, 0.3) is 10.2 Å². The molecule has 0 spiro atoms. The molecule has 0 radical (unpaired) electrons. The van der Waals surface area contributed by atoms with Gasteiger partial charge >= 0.3 is 0 Å². The quantitative estimate of drug-likeness (QED) is 0.238. The molecule has 1 amide bonds. The van der Waals surface area contributed by atoms with Crippen molar-refractivity contribution >= 4 is 32.6 Å². The largest absolute Gasteiger partial charge is 0.490 e. The van der Waals surface area contributed by atoms with Crippen molar-refractivity contribution in [2.24, 2.45) is 0 Å². The molecule has 188 valence electrons. The van der Waals surface area contributed by atoms with Gasteiger partial charge in [-0.1, -0.05) is 30.4 Å². The van der Waals surface area contributed by atoms with Crippen LogP contribution >= 0.6 is 11.3 Å². The van der Waals surface area contributed by atoms with E-state index in [2.05, 4.69) is 24.0 Å². The van der Waals surface area contributed by atoms with Crippen molar-refractivity contribution in [2.45, 2.75) is 40.7 Å². The standard InChI is InChI=1S/C28H31N3O4S/c1-5-19-11-12-22-25(14-19)36-28(30-22)31(18-20-10-9-13-29-17-20)27(32)21-15-23(33-6-2)26(35-8-4)24(16-21)34-7-3/h9-17H,5-8,18H2,1-4H3. The normalized spacial score (nSPS) is 10.9. The SMILES string of the molecule is CCOc1cc(C(=O)N(Cc2cccnc2)c2nc3ccc(CC)cc3s2)cc(OCC)c1OCC. The van der Waals surface area contributed by atoms with E-state index in [9.17, 15) is 4.79 Å². The minimum Gasteiger partial charge on any atom is -0.490 e. The number of amides is 1. The van der Waals surface area contributed by atoms with E-state index in [0.29, 0.717) is 54.3 Å². The Labute approximate surface area is 215 Å². The zero-order valence-corrected chi connectivity index (χ0v) is 21.9. The van der Waals surface area contributed by atoms with Crippen LogP contribution in [0.2, 0.25) is 0 Å². The van der Waals surface area contributed by atoms with E-state index in [4.69, 9.17) is 19.2 Å². The number of aromatic nitrogens is 2. The first-order chi connectivity index (χ1) is 17.6. The highest BCUT2D eigenvalue weighted by molar-refractivity contribution is 7.22. The topological polar surface area (TPSA) is 73.8 Å². The number of carbonyl (C=O) groups excluding carboxylic acids is 1. The molecule has 0 aliphatic heterocycles. The molecule has 36 heavy (non-hydrogen) atoms. The van der Waals surface area contributed by atoms with Crippen LogP contribution in [0.15, 0.2) is 54.9 Å². The van der Waals surface area contributed by atoms with Crippen LogP contribution in [0, 0.1) is 0 Å². The number of pyridine rings is 1. The smallest absolute Gasteiger partial charge is 0.260 e. The lowest BCUT2D eigenvalue weighted by Gasteiger charge is -2.22. The third kappa shape index (κ3) is 5.60. The maximum atomic E-state index is 14.1. The summed E-state index contributed by atoms with van der Waals surface area (Å²) < 4.78 is 18.6. The van der Waals surface area contributed by atoms with Crippen LogP contribution in [-0.4, -0.2) is 35.7 Å². The van der Waals surface area contributed by atoms with Crippen molar-refractivity contribution in [1.29, 1.82) is 0 Å². The maximum Gasteiger partial charge on any atom is 0.260 e. The van der Waals surface area contributed by atoms with E-state index >= 15 is 0 Å². The molecule has 0 N–H and O–H groups in total. The Hall–Kier alpha value is -3.65. The van der Waals surface area contributed by atoms with Crippen LogP contribution in [-0.2, 0) is 13.0 Å². The summed E-state index contributed by atoms with van der Waals surface area (Å²) in [6.07, 6.45) is 4.42. The van der Waals surface area contributed by atoms with E-state index in [0.717, 1.165) is 22.2 Å². The van der Waals surface area contributed by atoms with Gasteiger partial charge in [0, 0.05) is 18.0 Å². The van der Waals surface area contributed by atoms with Crippen LogP contribution in [0.3, 0.4) is 0 Å². The highest BCUT2D eigenvalue weighted by Crippen LogP contribution is 2.40. The molecule has 0 saturated heterocycles. The van der Waals surface area contributed by atoms with E-state index in [1.807, 2.05) is 39.0 Å². The van der Waals surface area contributed by atoms with Gasteiger partial charge in [-0.25, -0.2) is 4.98 Å². The minimum atomic E-state index is -0.210. The summed E-state index contributed by atoms with van der Waals surface area (Å²) in [5, 5.41) is 0.622. The third-order valence-electron chi connectivity index (χ3n) is 5.55. The second-order valence-electron chi connectivity index (χ2n) is 8.01. The lowest BCUT2D eigenvalue weighted by molar-refractivity contribution is 0.0984. The van der Waals surface area contributed by atoms with Gasteiger partial charge in [0.15, 0.2) is 16.6 Å². The summed E-state index contributed by atoms with van der Waals surface area (Å²) in [4.78, 5) is 24.8.